The number of benzene rings is 2. The molecular weight excluding hydrogens is 302 g/mol. The lowest BCUT2D eigenvalue weighted by molar-refractivity contribution is -0.110. The van der Waals surface area contributed by atoms with E-state index in [2.05, 4.69) is 5.32 Å². The summed E-state index contributed by atoms with van der Waals surface area (Å²) in [5.74, 6) is -0.191. The summed E-state index contributed by atoms with van der Waals surface area (Å²) in [6.07, 6.45) is 1.30. The zero-order valence-corrected chi connectivity index (χ0v) is 12.5. The number of amides is 1. The van der Waals surface area contributed by atoms with Crippen LogP contribution >= 0.6 is 11.6 Å². The second kappa shape index (κ2) is 5.66. The van der Waals surface area contributed by atoms with Crippen LogP contribution in [0.2, 0.25) is 5.02 Å². The quantitative estimate of drug-likeness (QED) is 0.696. The molecule has 0 aliphatic carbocycles. The highest BCUT2D eigenvalue weighted by atomic mass is 35.5. The molecule has 0 saturated carbocycles. The minimum Gasteiger partial charge on any atom is -0.496 e. The van der Waals surface area contributed by atoms with Gasteiger partial charge in [0.1, 0.15) is 5.75 Å². The molecule has 1 aliphatic rings. The van der Waals surface area contributed by atoms with Gasteiger partial charge in [-0.05, 0) is 30.3 Å². The van der Waals surface area contributed by atoms with Crippen molar-refractivity contribution < 1.29 is 14.3 Å². The number of halogens is 1. The molecule has 2 aromatic carbocycles. The van der Waals surface area contributed by atoms with E-state index in [1.54, 1.807) is 42.5 Å². The molecule has 22 heavy (non-hydrogen) atoms. The van der Waals surface area contributed by atoms with Gasteiger partial charge >= 0.3 is 0 Å². The lowest BCUT2D eigenvalue weighted by atomic mass is 10.0. The zero-order chi connectivity index (χ0) is 15.7. The average molecular weight is 314 g/mol. The van der Waals surface area contributed by atoms with Crippen LogP contribution in [-0.4, -0.2) is 18.8 Å². The van der Waals surface area contributed by atoms with Crippen molar-refractivity contribution in [1.82, 2.24) is 0 Å². The van der Waals surface area contributed by atoms with Crippen molar-refractivity contribution in [3.63, 3.8) is 0 Å². The number of ketones is 1. The van der Waals surface area contributed by atoms with E-state index >= 15 is 0 Å². The van der Waals surface area contributed by atoms with E-state index < -0.39 is 0 Å². The van der Waals surface area contributed by atoms with E-state index in [1.807, 2.05) is 0 Å². The van der Waals surface area contributed by atoms with E-state index in [9.17, 15) is 9.59 Å². The Kier molecular flexibility index (Phi) is 3.69. The number of anilines is 1. The van der Waals surface area contributed by atoms with Gasteiger partial charge in [-0.1, -0.05) is 29.8 Å². The second-order valence-electron chi connectivity index (χ2n) is 4.74. The summed E-state index contributed by atoms with van der Waals surface area (Å²) in [7, 11) is 1.49. The number of rotatable bonds is 3. The molecule has 0 radical (unpaired) electrons. The molecule has 4 nitrogen and oxygen atoms in total. The highest BCUT2D eigenvalue weighted by molar-refractivity contribution is 6.41. The topological polar surface area (TPSA) is 55.4 Å². The first-order valence-corrected chi connectivity index (χ1v) is 6.99. The Hall–Kier alpha value is -2.59. The van der Waals surface area contributed by atoms with Crippen molar-refractivity contribution in [2.75, 3.05) is 12.4 Å². The fraction of sp³-hybridized carbons (Fsp3) is 0.0588. The number of carbonyl (C=O) groups excluding carboxylic acids is 2. The summed E-state index contributed by atoms with van der Waals surface area (Å²) >= 11 is 6.15. The van der Waals surface area contributed by atoms with Gasteiger partial charge in [0.15, 0.2) is 5.78 Å². The van der Waals surface area contributed by atoms with E-state index in [1.165, 1.54) is 13.2 Å². The van der Waals surface area contributed by atoms with Crippen LogP contribution in [0.1, 0.15) is 15.9 Å². The van der Waals surface area contributed by atoms with Crippen LogP contribution in [0.5, 0.6) is 5.75 Å². The van der Waals surface area contributed by atoms with E-state index in [0.29, 0.717) is 27.6 Å². The Morgan fingerprint density at radius 2 is 1.95 bits per heavy atom. The van der Waals surface area contributed by atoms with Crippen molar-refractivity contribution >= 4 is 34.6 Å². The number of ether oxygens (including phenoxy) is 1. The molecule has 1 N–H and O–H groups in total. The molecule has 0 bridgehead atoms. The van der Waals surface area contributed by atoms with Crippen molar-refractivity contribution in [3.8, 4) is 5.75 Å². The number of allylic oxidation sites excluding steroid dienone is 1. The molecule has 1 amide bonds. The Morgan fingerprint density at radius 3 is 2.73 bits per heavy atom. The van der Waals surface area contributed by atoms with Gasteiger partial charge in [-0.15, -0.1) is 0 Å². The van der Waals surface area contributed by atoms with Crippen molar-refractivity contribution in [1.29, 1.82) is 0 Å². The molecule has 0 saturated heterocycles. The number of hydrogen-bond acceptors (Lipinski definition) is 3. The van der Waals surface area contributed by atoms with Gasteiger partial charge in [0.2, 0.25) is 0 Å². The van der Waals surface area contributed by atoms with E-state index in [4.69, 9.17) is 16.3 Å². The van der Waals surface area contributed by atoms with Crippen LogP contribution in [0.4, 0.5) is 5.69 Å². The molecule has 0 unspecified atom stereocenters. The molecule has 3 rings (SSSR count). The second-order valence-corrected chi connectivity index (χ2v) is 5.15. The summed E-state index contributed by atoms with van der Waals surface area (Å²) in [6, 6.07) is 12.0. The van der Waals surface area contributed by atoms with Gasteiger partial charge in [-0.2, -0.15) is 0 Å². The molecule has 5 heteroatoms. The number of carbonyl (C=O) groups is 2. The summed E-state index contributed by atoms with van der Waals surface area (Å²) in [5.41, 5.74) is 1.82. The average Bonchev–Trinajstić information content (AvgIpc) is 2.84. The Labute approximate surface area is 132 Å². The SMILES string of the molecule is COc1ccccc1C(=O)C=C1C(=O)Nc2cccc(Cl)c21. The minimum atomic E-state index is -0.341. The lowest BCUT2D eigenvalue weighted by Gasteiger charge is -2.05. The van der Waals surface area contributed by atoms with Crippen molar-refractivity contribution in [2.45, 2.75) is 0 Å². The molecule has 0 spiro atoms. The number of para-hydroxylation sites is 1. The molecule has 0 aromatic heterocycles. The maximum absolute atomic E-state index is 12.5. The van der Waals surface area contributed by atoms with Gasteiger partial charge < -0.3 is 10.1 Å². The highest BCUT2D eigenvalue weighted by Gasteiger charge is 2.27. The predicted molar refractivity (Wildman–Crippen MR) is 85.4 cm³/mol. The highest BCUT2D eigenvalue weighted by Crippen LogP contribution is 2.37. The van der Waals surface area contributed by atoms with Crippen LogP contribution in [0, 0.1) is 0 Å². The van der Waals surface area contributed by atoms with E-state index in [0.717, 1.165) is 0 Å². The van der Waals surface area contributed by atoms with Gasteiger partial charge in [-0.3, -0.25) is 9.59 Å². The first-order valence-electron chi connectivity index (χ1n) is 6.61. The van der Waals surface area contributed by atoms with E-state index in [-0.39, 0.29) is 17.3 Å². The number of hydrogen-bond donors (Lipinski definition) is 1. The third-order valence-corrected chi connectivity index (χ3v) is 3.74. The normalized spacial score (nSPS) is 14.6. The summed E-state index contributed by atoms with van der Waals surface area (Å²) in [6.45, 7) is 0. The van der Waals surface area contributed by atoms with Crippen LogP contribution in [0.25, 0.3) is 5.57 Å². The fourth-order valence-corrected chi connectivity index (χ4v) is 2.68. The maximum atomic E-state index is 12.5. The zero-order valence-electron chi connectivity index (χ0n) is 11.7. The maximum Gasteiger partial charge on any atom is 0.256 e. The largest absolute Gasteiger partial charge is 0.496 e. The van der Waals surface area contributed by atoms with Gasteiger partial charge in [0.25, 0.3) is 5.91 Å². The monoisotopic (exact) mass is 313 g/mol. The first kappa shape index (κ1) is 14.4. The third kappa shape index (κ3) is 2.38. The number of methoxy groups -OCH3 is 1. The molecule has 1 heterocycles. The van der Waals surface area contributed by atoms with Crippen molar-refractivity contribution in [3.05, 3.63) is 64.7 Å². The summed E-state index contributed by atoms with van der Waals surface area (Å²) in [5, 5.41) is 3.12. The van der Waals surface area contributed by atoms with Crippen LogP contribution in [0.15, 0.2) is 48.5 Å². The predicted octanol–water partition coefficient (Wildman–Crippen LogP) is 3.57. The molecule has 1 aliphatic heterocycles. The Bertz CT molecular complexity index is 811. The summed E-state index contributed by atoms with van der Waals surface area (Å²) in [4.78, 5) is 24.6. The summed E-state index contributed by atoms with van der Waals surface area (Å²) < 4.78 is 5.17. The molecular formula is C17H12ClNO3. The molecule has 0 fully saturated rings. The smallest absolute Gasteiger partial charge is 0.256 e. The number of nitrogens with one attached hydrogen (secondary N) is 1. The van der Waals surface area contributed by atoms with Crippen LogP contribution < -0.4 is 10.1 Å². The fourth-order valence-electron chi connectivity index (χ4n) is 2.40. The Balaban J connectivity index is 2.07. The molecule has 0 atom stereocenters. The Morgan fingerprint density at radius 1 is 1.18 bits per heavy atom. The molecule has 110 valence electrons. The van der Waals surface area contributed by atoms with Gasteiger partial charge in [-0.25, -0.2) is 0 Å². The van der Waals surface area contributed by atoms with Gasteiger partial charge in [0.05, 0.1) is 29.0 Å². The van der Waals surface area contributed by atoms with Gasteiger partial charge in [0, 0.05) is 5.56 Å². The van der Waals surface area contributed by atoms with Crippen LogP contribution in [0.3, 0.4) is 0 Å². The lowest BCUT2D eigenvalue weighted by Crippen LogP contribution is -2.06. The third-order valence-electron chi connectivity index (χ3n) is 3.42. The number of fused-ring (bicyclic) bond motifs is 1. The molecule has 2 aromatic rings. The minimum absolute atomic E-state index is 0.261. The van der Waals surface area contributed by atoms with Crippen LogP contribution in [-0.2, 0) is 4.79 Å². The first-order chi connectivity index (χ1) is 10.6. The standard InChI is InChI=1S/C17H12ClNO3/c1-22-15-8-3-2-5-10(15)14(20)9-11-16-12(18)6-4-7-13(16)19-17(11)21/h2-9H,1H3,(H,19,21). The van der Waals surface area contributed by atoms with Crippen molar-refractivity contribution in [2.24, 2.45) is 0 Å².